The van der Waals surface area contributed by atoms with Gasteiger partial charge in [0, 0.05) is 10.7 Å². The molecular formula is C11H5BrClN7. The lowest BCUT2D eigenvalue weighted by Gasteiger charge is -2.07. The molecule has 0 amide bonds. The monoisotopic (exact) mass is 349 g/mol. The maximum absolute atomic E-state index is 9.08. The molecule has 1 aromatic carbocycles. The van der Waals surface area contributed by atoms with E-state index in [1.54, 1.807) is 12.1 Å². The highest BCUT2D eigenvalue weighted by atomic mass is 79.9. The Hall–Kier alpha value is -2.42. The summed E-state index contributed by atoms with van der Waals surface area (Å²) >= 11 is 9.31. The molecule has 0 spiro atoms. The molecule has 0 bridgehead atoms. The number of tetrazole rings is 1. The zero-order valence-electron chi connectivity index (χ0n) is 9.72. The van der Waals surface area contributed by atoms with E-state index < -0.39 is 0 Å². The summed E-state index contributed by atoms with van der Waals surface area (Å²) in [5, 5.41) is 34.3. The molecule has 1 heterocycles. The Morgan fingerprint density at radius 1 is 1.45 bits per heavy atom. The number of anilines is 1. The minimum Gasteiger partial charge on any atom is -0.358 e. The minimum absolute atomic E-state index is 0.145. The van der Waals surface area contributed by atoms with Gasteiger partial charge in [0.15, 0.2) is 0 Å². The van der Waals surface area contributed by atoms with E-state index in [1.807, 2.05) is 12.1 Å². The first-order valence-corrected chi connectivity index (χ1v) is 6.32. The zero-order chi connectivity index (χ0) is 14.5. The Kier molecular flexibility index (Phi) is 4.31. The van der Waals surface area contributed by atoms with Crippen LogP contribution in [0.2, 0.25) is 5.02 Å². The number of allylic oxidation sites excluding steroid dienone is 1. The van der Waals surface area contributed by atoms with Gasteiger partial charge in [-0.1, -0.05) is 27.5 Å². The van der Waals surface area contributed by atoms with Crippen LogP contribution in [0, 0.1) is 22.7 Å². The normalized spacial score (nSPS) is 10.7. The molecule has 0 saturated heterocycles. The van der Waals surface area contributed by atoms with Crippen LogP contribution in [0.15, 0.2) is 22.8 Å². The summed E-state index contributed by atoms with van der Waals surface area (Å²) in [7, 11) is 0. The predicted molar refractivity (Wildman–Crippen MR) is 75.3 cm³/mol. The molecular weight excluding hydrogens is 346 g/mol. The van der Waals surface area contributed by atoms with E-state index in [0.717, 1.165) is 0 Å². The molecule has 0 atom stereocenters. The number of benzene rings is 1. The first-order chi connectivity index (χ1) is 9.65. The number of nitrogens with zero attached hydrogens (tertiary/aromatic N) is 5. The van der Waals surface area contributed by atoms with Crippen molar-refractivity contribution in [1.82, 2.24) is 20.6 Å². The van der Waals surface area contributed by atoms with Crippen molar-refractivity contribution in [3.8, 4) is 12.1 Å². The SMILES string of the molecule is N#CC(=CNc1c(Cl)cc(Br)cc1C#N)c1nn[nH]n1. The van der Waals surface area contributed by atoms with Crippen LogP contribution >= 0.6 is 27.5 Å². The average Bonchev–Trinajstić information content (AvgIpc) is 2.94. The summed E-state index contributed by atoms with van der Waals surface area (Å²) in [5.41, 5.74) is 0.890. The maximum atomic E-state index is 9.08. The molecule has 0 fully saturated rings. The Balaban J connectivity index is 2.36. The third-order valence-corrected chi connectivity index (χ3v) is 3.00. The lowest BCUT2D eigenvalue weighted by Crippen LogP contribution is -1.96. The topological polar surface area (TPSA) is 114 Å². The molecule has 2 N–H and O–H groups in total. The molecule has 0 aliphatic heterocycles. The standard InChI is InChI=1S/C11H5BrClN7/c12-8-1-6(3-14)10(9(13)2-8)16-5-7(4-15)11-17-19-20-18-11/h1-2,5,16H,(H,17,18,19,20). The number of halogens is 2. The van der Waals surface area contributed by atoms with E-state index in [-0.39, 0.29) is 11.4 Å². The minimum atomic E-state index is 0.145. The van der Waals surface area contributed by atoms with Crippen LogP contribution in [0.3, 0.4) is 0 Å². The molecule has 20 heavy (non-hydrogen) atoms. The molecule has 0 aliphatic carbocycles. The van der Waals surface area contributed by atoms with Crippen molar-refractivity contribution in [2.75, 3.05) is 5.32 Å². The van der Waals surface area contributed by atoms with Gasteiger partial charge in [0.2, 0.25) is 5.82 Å². The second-order valence-electron chi connectivity index (χ2n) is 3.47. The van der Waals surface area contributed by atoms with Gasteiger partial charge in [0.05, 0.1) is 16.3 Å². The maximum Gasteiger partial charge on any atom is 0.216 e. The van der Waals surface area contributed by atoms with Gasteiger partial charge in [0.25, 0.3) is 0 Å². The van der Waals surface area contributed by atoms with Gasteiger partial charge < -0.3 is 5.32 Å². The third kappa shape index (κ3) is 2.94. The van der Waals surface area contributed by atoms with Crippen LogP contribution in [0.1, 0.15) is 11.4 Å². The van der Waals surface area contributed by atoms with Gasteiger partial charge in [-0.05, 0) is 17.3 Å². The first-order valence-electron chi connectivity index (χ1n) is 5.15. The van der Waals surface area contributed by atoms with Crippen LogP contribution < -0.4 is 5.32 Å². The highest BCUT2D eigenvalue weighted by molar-refractivity contribution is 9.10. The van der Waals surface area contributed by atoms with Gasteiger partial charge in [-0.15, -0.1) is 10.2 Å². The Bertz CT molecular complexity index is 739. The summed E-state index contributed by atoms with van der Waals surface area (Å²) in [6.07, 6.45) is 1.36. The zero-order valence-corrected chi connectivity index (χ0v) is 12.1. The van der Waals surface area contributed by atoms with Crippen LogP contribution in [-0.2, 0) is 0 Å². The molecule has 0 saturated carbocycles. The molecule has 7 nitrogen and oxygen atoms in total. The van der Waals surface area contributed by atoms with Crippen LogP contribution in [0.4, 0.5) is 5.69 Å². The number of nitriles is 2. The first kappa shape index (κ1) is 14.0. The van der Waals surface area contributed by atoms with Crippen molar-refractivity contribution in [3.63, 3.8) is 0 Å². The second-order valence-corrected chi connectivity index (χ2v) is 4.79. The fourth-order valence-electron chi connectivity index (χ4n) is 1.38. The Morgan fingerprint density at radius 3 is 2.85 bits per heavy atom. The quantitative estimate of drug-likeness (QED) is 0.822. The largest absolute Gasteiger partial charge is 0.358 e. The fourth-order valence-corrected chi connectivity index (χ4v) is 2.24. The van der Waals surface area contributed by atoms with Gasteiger partial charge in [-0.3, -0.25) is 0 Å². The molecule has 0 aliphatic rings. The van der Waals surface area contributed by atoms with Crippen molar-refractivity contribution >= 4 is 38.8 Å². The number of hydrogen-bond acceptors (Lipinski definition) is 6. The summed E-state index contributed by atoms with van der Waals surface area (Å²) < 4.78 is 0.687. The van der Waals surface area contributed by atoms with Gasteiger partial charge >= 0.3 is 0 Å². The van der Waals surface area contributed by atoms with Crippen molar-refractivity contribution in [2.24, 2.45) is 0 Å². The molecule has 0 unspecified atom stereocenters. The number of H-pyrrole nitrogens is 1. The summed E-state index contributed by atoms with van der Waals surface area (Å²) in [4.78, 5) is 0. The van der Waals surface area contributed by atoms with Crippen LogP contribution in [0.5, 0.6) is 0 Å². The predicted octanol–water partition coefficient (Wildman–Crippen LogP) is 2.46. The highest BCUT2D eigenvalue weighted by Crippen LogP contribution is 2.30. The number of rotatable bonds is 3. The van der Waals surface area contributed by atoms with E-state index >= 15 is 0 Å². The average molecular weight is 351 g/mol. The molecule has 0 radical (unpaired) electrons. The van der Waals surface area contributed by atoms with E-state index in [2.05, 4.69) is 41.9 Å². The van der Waals surface area contributed by atoms with E-state index in [4.69, 9.17) is 22.1 Å². The van der Waals surface area contributed by atoms with Crippen LogP contribution in [-0.4, -0.2) is 20.6 Å². The number of aromatic amines is 1. The van der Waals surface area contributed by atoms with Gasteiger partial charge in [-0.25, -0.2) is 0 Å². The van der Waals surface area contributed by atoms with Crippen molar-refractivity contribution in [1.29, 1.82) is 10.5 Å². The number of hydrogen-bond donors (Lipinski definition) is 2. The third-order valence-electron chi connectivity index (χ3n) is 2.24. The van der Waals surface area contributed by atoms with E-state index in [0.29, 0.717) is 20.7 Å². The van der Waals surface area contributed by atoms with Crippen molar-refractivity contribution in [3.05, 3.63) is 39.2 Å². The van der Waals surface area contributed by atoms with E-state index in [1.165, 1.54) is 6.20 Å². The van der Waals surface area contributed by atoms with Gasteiger partial charge in [-0.2, -0.15) is 15.7 Å². The second kappa shape index (κ2) is 6.15. The summed E-state index contributed by atoms with van der Waals surface area (Å²) in [6, 6.07) is 7.19. The molecule has 1 aromatic heterocycles. The van der Waals surface area contributed by atoms with Crippen LogP contribution in [0.25, 0.3) is 5.57 Å². The lowest BCUT2D eigenvalue weighted by molar-refractivity contribution is 0.881. The molecule has 9 heteroatoms. The Labute approximate surface area is 127 Å². The van der Waals surface area contributed by atoms with Crippen molar-refractivity contribution in [2.45, 2.75) is 0 Å². The number of aromatic nitrogens is 4. The molecule has 2 aromatic rings. The van der Waals surface area contributed by atoms with E-state index in [9.17, 15) is 0 Å². The molecule has 2 rings (SSSR count). The number of nitrogens with one attached hydrogen (secondary N) is 2. The molecule has 98 valence electrons. The fraction of sp³-hybridized carbons (Fsp3) is 0. The Morgan fingerprint density at radius 2 is 2.25 bits per heavy atom. The lowest BCUT2D eigenvalue weighted by atomic mass is 10.2. The summed E-state index contributed by atoms with van der Waals surface area (Å²) in [6.45, 7) is 0. The smallest absolute Gasteiger partial charge is 0.216 e. The summed E-state index contributed by atoms with van der Waals surface area (Å²) in [5.74, 6) is 0.145. The highest BCUT2D eigenvalue weighted by Gasteiger charge is 2.10. The van der Waals surface area contributed by atoms with Gasteiger partial charge in [0.1, 0.15) is 17.7 Å². The van der Waals surface area contributed by atoms with Crippen molar-refractivity contribution < 1.29 is 0 Å².